The van der Waals surface area contributed by atoms with Crippen molar-refractivity contribution >= 4 is 5.69 Å². The van der Waals surface area contributed by atoms with Crippen molar-refractivity contribution in [3.05, 3.63) is 22.8 Å². The minimum atomic E-state index is -0.134. The molecular weight excluding hydrogens is 236 g/mol. The first kappa shape index (κ1) is 13.7. The maximum Gasteiger partial charge on any atom is 0.145 e. The lowest BCUT2D eigenvalue weighted by Crippen LogP contribution is -2.27. The lowest BCUT2D eigenvalue weighted by Gasteiger charge is -2.27. The quantitative estimate of drug-likeness (QED) is 0.831. The van der Waals surface area contributed by atoms with Gasteiger partial charge in [-0.2, -0.15) is 5.26 Å². The lowest BCUT2D eigenvalue weighted by molar-refractivity contribution is 0.410. The van der Waals surface area contributed by atoms with E-state index in [1.807, 2.05) is 0 Å². The van der Waals surface area contributed by atoms with Gasteiger partial charge < -0.3 is 9.64 Å². The minimum absolute atomic E-state index is 0.134. The summed E-state index contributed by atoms with van der Waals surface area (Å²) in [4.78, 5) is 2.18. The first-order valence-electron chi connectivity index (χ1n) is 6.71. The van der Waals surface area contributed by atoms with E-state index in [1.165, 1.54) is 16.7 Å². The molecular formula is C16H22N2O. The van der Waals surface area contributed by atoms with Gasteiger partial charge >= 0.3 is 0 Å². The molecule has 3 nitrogen and oxygen atoms in total. The molecule has 0 spiro atoms. The summed E-state index contributed by atoms with van der Waals surface area (Å²) in [5.74, 6) is 0.939. The molecule has 102 valence electrons. The molecule has 1 aromatic rings. The van der Waals surface area contributed by atoms with Crippen molar-refractivity contribution in [3.63, 3.8) is 0 Å². The van der Waals surface area contributed by atoms with Gasteiger partial charge in [0.05, 0.1) is 24.3 Å². The maximum atomic E-state index is 9.24. The number of nitrogens with zero attached hydrogens (tertiary/aromatic N) is 2. The van der Waals surface area contributed by atoms with E-state index in [9.17, 15) is 5.26 Å². The summed E-state index contributed by atoms with van der Waals surface area (Å²) in [7, 11) is 3.77. The predicted octanol–water partition coefficient (Wildman–Crippen LogP) is 3.36. The van der Waals surface area contributed by atoms with Gasteiger partial charge in [-0.25, -0.2) is 0 Å². The highest BCUT2D eigenvalue weighted by Gasteiger charge is 2.44. The maximum absolute atomic E-state index is 9.24. The van der Waals surface area contributed by atoms with E-state index in [0.717, 1.165) is 30.8 Å². The summed E-state index contributed by atoms with van der Waals surface area (Å²) >= 11 is 0. The standard InChI is InChI=1S/C16H22N2O/c1-11-8-12(2)14(15(19-5)13(11)3)18(4)10-16(9-17)6-7-16/h8H,6-7,10H2,1-5H3. The number of anilines is 1. The fourth-order valence-corrected chi connectivity index (χ4v) is 2.75. The normalized spacial score (nSPS) is 15.8. The van der Waals surface area contributed by atoms with Crippen LogP contribution in [0.25, 0.3) is 0 Å². The average Bonchev–Trinajstić information content (AvgIpc) is 3.13. The third-order valence-corrected chi connectivity index (χ3v) is 4.17. The molecule has 0 saturated heterocycles. The molecule has 19 heavy (non-hydrogen) atoms. The Morgan fingerprint density at radius 2 is 1.95 bits per heavy atom. The fraction of sp³-hybridized carbons (Fsp3) is 0.562. The van der Waals surface area contributed by atoms with Crippen LogP contribution >= 0.6 is 0 Å². The Hall–Kier alpha value is -1.69. The highest BCUT2D eigenvalue weighted by Crippen LogP contribution is 2.47. The third-order valence-electron chi connectivity index (χ3n) is 4.17. The van der Waals surface area contributed by atoms with Gasteiger partial charge in [-0.15, -0.1) is 0 Å². The summed E-state index contributed by atoms with van der Waals surface area (Å²) in [6.45, 7) is 7.07. The molecule has 0 bridgehead atoms. The number of rotatable bonds is 4. The van der Waals surface area contributed by atoms with Crippen molar-refractivity contribution in [2.45, 2.75) is 33.6 Å². The van der Waals surface area contributed by atoms with Crippen LogP contribution in [0.15, 0.2) is 6.07 Å². The molecule has 1 fully saturated rings. The molecule has 0 atom stereocenters. The van der Waals surface area contributed by atoms with Crippen molar-refractivity contribution in [1.82, 2.24) is 0 Å². The SMILES string of the molecule is COc1c(C)c(C)cc(C)c1N(C)CC1(C#N)CC1. The van der Waals surface area contributed by atoms with E-state index in [4.69, 9.17) is 4.74 Å². The molecule has 1 aromatic carbocycles. The number of ether oxygens (including phenoxy) is 1. The molecule has 1 aliphatic rings. The number of aryl methyl sites for hydroxylation is 2. The smallest absolute Gasteiger partial charge is 0.145 e. The monoisotopic (exact) mass is 258 g/mol. The zero-order chi connectivity index (χ0) is 14.2. The Labute approximate surface area is 115 Å². The first-order chi connectivity index (χ1) is 8.94. The third kappa shape index (κ3) is 2.40. The van der Waals surface area contributed by atoms with Gasteiger partial charge in [0.15, 0.2) is 0 Å². The Balaban J connectivity index is 2.39. The lowest BCUT2D eigenvalue weighted by atomic mass is 10.0. The van der Waals surface area contributed by atoms with Crippen molar-refractivity contribution < 1.29 is 4.74 Å². The Kier molecular flexibility index (Phi) is 3.45. The summed E-state index contributed by atoms with van der Waals surface area (Å²) in [6, 6.07) is 4.64. The van der Waals surface area contributed by atoms with Crippen LogP contribution < -0.4 is 9.64 Å². The van der Waals surface area contributed by atoms with Gasteiger partial charge in [-0.1, -0.05) is 6.07 Å². The number of hydrogen-bond donors (Lipinski definition) is 0. The second-order valence-electron chi connectivity index (χ2n) is 5.77. The van der Waals surface area contributed by atoms with E-state index in [2.05, 4.69) is 44.9 Å². The van der Waals surface area contributed by atoms with Gasteiger partial charge in [-0.05, 0) is 50.3 Å². The number of hydrogen-bond acceptors (Lipinski definition) is 3. The van der Waals surface area contributed by atoms with Crippen LogP contribution in [0, 0.1) is 37.5 Å². The first-order valence-corrected chi connectivity index (χ1v) is 6.71. The van der Waals surface area contributed by atoms with Crippen molar-refractivity contribution in [1.29, 1.82) is 5.26 Å². The van der Waals surface area contributed by atoms with Gasteiger partial charge in [0, 0.05) is 13.6 Å². The zero-order valence-corrected chi connectivity index (χ0v) is 12.5. The average molecular weight is 258 g/mol. The molecule has 0 aromatic heterocycles. The van der Waals surface area contributed by atoms with E-state index in [1.54, 1.807) is 7.11 Å². The molecule has 0 aliphatic heterocycles. The van der Waals surface area contributed by atoms with E-state index in [-0.39, 0.29) is 5.41 Å². The van der Waals surface area contributed by atoms with Crippen LogP contribution in [-0.2, 0) is 0 Å². The van der Waals surface area contributed by atoms with Crippen molar-refractivity contribution in [3.8, 4) is 11.8 Å². The second kappa shape index (κ2) is 4.77. The molecule has 0 amide bonds. The Morgan fingerprint density at radius 1 is 1.32 bits per heavy atom. The zero-order valence-electron chi connectivity index (χ0n) is 12.5. The Bertz CT molecular complexity index is 539. The second-order valence-corrected chi connectivity index (χ2v) is 5.77. The van der Waals surface area contributed by atoms with Crippen molar-refractivity contribution in [2.24, 2.45) is 5.41 Å². The summed E-state index contributed by atoms with van der Waals surface area (Å²) in [5.41, 5.74) is 4.61. The molecule has 0 heterocycles. The molecule has 0 unspecified atom stereocenters. The minimum Gasteiger partial charge on any atom is -0.494 e. The fourth-order valence-electron chi connectivity index (χ4n) is 2.75. The number of benzene rings is 1. The highest BCUT2D eigenvalue weighted by atomic mass is 16.5. The van der Waals surface area contributed by atoms with Crippen LogP contribution in [0.3, 0.4) is 0 Å². The van der Waals surface area contributed by atoms with Gasteiger partial charge in [-0.3, -0.25) is 0 Å². The van der Waals surface area contributed by atoms with Gasteiger partial charge in [0.2, 0.25) is 0 Å². The largest absolute Gasteiger partial charge is 0.494 e. The highest BCUT2D eigenvalue weighted by molar-refractivity contribution is 5.68. The van der Waals surface area contributed by atoms with Gasteiger partial charge in [0.1, 0.15) is 5.75 Å². The predicted molar refractivity (Wildman–Crippen MR) is 77.8 cm³/mol. The number of methoxy groups -OCH3 is 1. The van der Waals surface area contributed by atoms with E-state index < -0.39 is 0 Å². The van der Waals surface area contributed by atoms with E-state index in [0.29, 0.717) is 0 Å². The molecule has 2 rings (SSSR count). The summed E-state index contributed by atoms with van der Waals surface area (Å²) in [5, 5.41) is 9.24. The molecule has 0 radical (unpaired) electrons. The number of nitriles is 1. The molecule has 1 saturated carbocycles. The topological polar surface area (TPSA) is 36.3 Å². The molecule has 1 aliphatic carbocycles. The molecule has 0 N–H and O–H groups in total. The summed E-state index contributed by atoms with van der Waals surface area (Å²) in [6.07, 6.45) is 2.03. The Morgan fingerprint density at radius 3 is 2.42 bits per heavy atom. The molecule has 3 heteroatoms. The van der Waals surface area contributed by atoms with Crippen LogP contribution in [0.1, 0.15) is 29.5 Å². The summed E-state index contributed by atoms with van der Waals surface area (Å²) < 4.78 is 5.60. The van der Waals surface area contributed by atoms with E-state index >= 15 is 0 Å². The van der Waals surface area contributed by atoms with Crippen LogP contribution in [0.5, 0.6) is 5.75 Å². The van der Waals surface area contributed by atoms with Crippen LogP contribution in [0.4, 0.5) is 5.69 Å². The van der Waals surface area contributed by atoms with Crippen LogP contribution in [0.2, 0.25) is 0 Å². The van der Waals surface area contributed by atoms with Gasteiger partial charge in [0.25, 0.3) is 0 Å². The van der Waals surface area contributed by atoms with Crippen LogP contribution in [-0.4, -0.2) is 20.7 Å². The van der Waals surface area contributed by atoms with Crippen molar-refractivity contribution in [2.75, 3.05) is 25.6 Å².